The molecular formula is C14H15NO4S2. The van der Waals surface area contributed by atoms with Gasteiger partial charge in [-0.25, -0.2) is 8.42 Å². The fraction of sp³-hybridized carbons (Fsp3) is 0.214. The van der Waals surface area contributed by atoms with E-state index in [1.165, 1.54) is 17.6 Å². The molecule has 1 aromatic carbocycles. The van der Waals surface area contributed by atoms with Crippen LogP contribution in [-0.2, 0) is 9.84 Å². The molecule has 0 aliphatic rings. The molecule has 0 spiro atoms. The third kappa shape index (κ3) is 5.20. The van der Waals surface area contributed by atoms with Crippen molar-refractivity contribution in [3.63, 3.8) is 0 Å². The van der Waals surface area contributed by atoms with Gasteiger partial charge in [-0.15, -0.1) is 0 Å². The number of sulfone groups is 1. The molecule has 0 fully saturated rings. The number of carbonyl (C=O) groups is 1. The number of anilines is 1. The lowest BCUT2D eigenvalue weighted by Crippen LogP contribution is -2.12. The zero-order chi connectivity index (χ0) is 15.3. The van der Waals surface area contributed by atoms with E-state index in [-0.39, 0.29) is 18.3 Å². The molecule has 0 saturated heterocycles. The van der Waals surface area contributed by atoms with Gasteiger partial charge in [0.1, 0.15) is 12.4 Å². The number of carbonyl (C=O) groups excluding carboxylic acids is 1. The lowest BCUT2D eigenvalue weighted by atomic mass is 10.2. The van der Waals surface area contributed by atoms with Crippen molar-refractivity contribution in [2.75, 3.05) is 23.9 Å². The Hall–Kier alpha value is -1.86. The number of rotatable bonds is 6. The first kappa shape index (κ1) is 15.5. The third-order valence-corrected chi connectivity index (χ3v) is 4.21. The minimum atomic E-state index is -3.02. The Morgan fingerprint density at radius 1 is 1.24 bits per heavy atom. The molecule has 1 N–H and O–H groups in total. The Bertz CT molecular complexity index is 691. The zero-order valence-corrected chi connectivity index (χ0v) is 13.0. The summed E-state index contributed by atoms with van der Waals surface area (Å²) >= 11 is 1.46. The number of amides is 1. The maximum atomic E-state index is 11.8. The second kappa shape index (κ2) is 6.73. The zero-order valence-electron chi connectivity index (χ0n) is 11.4. The smallest absolute Gasteiger partial charge is 0.256 e. The molecule has 112 valence electrons. The summed E-state index contributed by atoms with van der Waals surface area (Å²) in [5, 5.41) is 6.38. The van der Waals surface area contributed by atoms with Crippen LogP contribution >= 0.6 is 11.3 Å². The van der Waals surface area contributed by atoms with E-state index in [9.17, 15) is 13.2 Å². The molecule has 5 nitrogen and oxygen atoms in total. The molecule has 0 unspecified atom stereocenters. The summed E-state index contributed by atoms with van der Waals surface area (Å²) < 4.78 is 27.3. The van der Waals surface area contributed by atoms with Gasteiger partial charge in [-0.2, -0.15) is 11.3 Å². The summed E-state index contributed by atoms with van der Waals surface area (Å²) in [5.74, 6) is 0.373. The predicted octanol–water partition coefficient (Wildman–Crippen LogP) is 2.42. The molecule has 1 aromatic heterocycles. The topological polar surface area (TPSA) is 72.5 Å². The SMILES string of the molecule is CS(=O)(=O)CCOc1ccc(NC(=O)c2ccsc2)cc1. The van der Waals surface area contributed by atoms with E-state index in [4.69, 9.17) is 4.74 Å². The van der Waals surface area contributed by atoms with Crippen LogP contribution in [0.4, 0.5) is 5.69 Å². The molecule has 0 radical (unpaired) electrons. The van der Waals surface area contributed by atoms with E-state index in [0.29, 0.717) is 17.0 Å². The van der Waals surface area contributed by atoms with Crippen LogP contribution in [0, 0.1) is 0 Å². The fourth-order valence-corrected chi connectivity index (χ4v) is 2.56. The van der Waals surface area contributed by atoms with Crippen molar-refractivity contribution in [3.8, 4) is 5.75 Å². The fourth-order valence-electron chi connectivity index (χ4n) is 1.54. The Labute approximate surface area is 127 Å². The highest BCUT2D eigenvalue weighted by atomic mass is 32.2. The summed E-state index contributed by atoms with van der Waals surface area (Å²) in [6.45, 7) is 0.111. The number of thiophene rings is 1. The van der Waals surface area contributed by atoms with Gasteiger partial charge in [-0.1, -0.05) is 0 Å². The average Bonchev–Trinajstić information content (AvgIpc) is 2.93. The lowest BCUT2D eigenvalue weighted by Gasteiger charge is -2.07. The Morgan fingerprint density at radius 3 is 2.52 bits per heavy atom. The molecule has 7 heteroatoms. The van der Waals surface area contributed by atoms with E-state index in [2.05, 4.69) is 5.32 Å². The van der Waals surface area contributed by atoms with E-state index >= 15 is 0 Å². The normalized spacial score (nSPS) is 11.1. The first-order valence-electron chi connectivity index (χ1n) is 6.18. The summed E-state index contributed by atoms with van der Waals surface area (Å²) in [6, 6.07) is 8.54. The highest BCUT2D eigenvalue weighted by molar-refractivity contribution is 7.90. The number of nitrogens with one attached hydrogen (secondary N) is 1. The molecule has 21 heavy (non-hydrogen) atoms. The summed E-state index contributed by atoms with van der Waals surface area (Å²) in [5.41, 5.74) is 1.27. The maximum absolute atomic E-state index is 11.8. The number of hydrogen-bond donors (Lipinski definition) is 1. The molecule has 1 amide bonds. The quantitative estimate of drug-likeness (QED) is 0.885. The molecule has 0 aliphatic heterocycles. The Kier molecular flexibility index (Phi) is 4.98. The monoisotopic (exact) mass is 325 g/mol. The summed E-state index contributed by atoms with van der Waals surface area (Å²) in [6.07, 6.45) is 1.17. The first-order chi connectivity index (χ1) is 9.94. The highest BCUT2D eigenvalue weighted by Gasteiger charge is 2.06. The number of ether oxygens (including phenoxy) is 1. The maximum Gasteiger partial charge on any atom is 0.256 e. The second-order valence-electron chi connectivity index (χ2n) is 4.47. The van der Waals surface area contributed by atoms with Crippen molar-refractivity contribution in [3.05, 3.63) is 46.7 Å². The van der Waals surface area contributed by atoms with Gasteiger partial charge in [-0.3, -0.25) is 4.79 Å². The molecule has 2 rings (SSSR count). The van der Waals surface area contributed by atoms with Gasteiger partial charge >= 0.3 is 0 Å². The average molecular weight is 325 g/mol. The number of hydrogen-bond acceptors (Lipinski definition) is 5. The van der Waals surface area contributed by atoms with E-state index in [0.717, 1.165) is 0 Å². The van der Waals surface area contributed by atoms with Crippen molar-refractivity contribution in [2.24, 2.45) is 0 Å². The third-order valence-electron chi connectivity index (χ3n) is 2.62. The van der Waals surface area contributed by atoms with Crippen LogP contribution in [-0.4, -0.2) is 32.9 Å². The lowest BCUT2D eigenvalue weighted by molar-refractivity contribution is 0.102. The van der Waals surface area contributed by atoms with Crippen LogP contribution in [0.25, 0.3) is 0 Å². The minimum absolute atomic E-state index is 0.0242. The van der Waals surface area contributed by atoms with Gasteiger partial charge in [0.25, 0.3) is 5.91 Å². The van der Waals surface area contributed by atoms with Crippen LogP contribution in [0.3, 0.4) is 0 Å². The van der Waals surface area contributed by atoms with Gasteiger partial charge in [0.05, 0.1) is 11.3 Å². The Morgan fingerprint density at radius 2 is 1.95 bits per heavy atom. The van der Waals surface area contributed by atoms with Crippen molar-refractivity contribution < 1.29 is 17.9 Å². The van der Waals surface area contributed by atoms with E-state index in [1.807, 2.05) is 5.38 Å². The standard InChI is InChI=1S/C14H15NO4S2/c1-21(17,18)9-7-19-13-4-2-12(3-5-13)15-14(16)11-6-8-20-10-11/h2-6,8,10H,7,9H2,1H3,(H,15,16). The predicted molar refractivity (Wildman–Crippen MR) is 83.9 cm³/mol. The van der Waals surface area contributed by atoms with E-state index in [1.54, 1.807) is 35.7 Å². The molecule has 0 aliphatic carbocycles. The van der Waals surface area contributed by atoms with Crippen LogP contribution in [0.2, 0.25) is 0 Å². The van der Waals surface area contributed by atoms with Crippen molar-refractivity contribution in [1.82, 2.24) is 0 Å². The van der Waals surface area contributed by atoms with Crippen molar-refractivity contribution >= 4 is 32.8 Å². The molecule has 0 saturated carbocycles. The minimum Gasteiger partial charge on any atom is -0.493 e. The van der Waals surface area contributed by atoms with Gasteiger partial charge < -0.3 is 10.1 Å². The molecule has 1 heterocycles. The van der Waals surface area contributed by atoms with Crippen molar-refractivity contribution in [1.29, 1.82) is 0 Å². The Balaban J connectivity index is 1.88. The van der Waals surface area contributed by atoms with Gasteiger partial charge in [0.15, 0.2) is 9.84 Å². The van der Waals surface area contributed by atoms with Crippen LogP contribution < -0.4 is 10.1 Å². The molecule has 0 bridgehead atoms. The van der Waals surface area contributed by atoms with Crippen LogP contribution in [0.5, 0.6) is 5.75 Å². The molecule has 0 atom stereocenters. The molecule has 2 aromatic rings. The second-order valence-corrected chi connectivity index (χ2v) is 7.51. The van der Waals surface area contributed by atoms with Crippen molar-refractivity contribution in [2.45, 2.75) is 0 Å². The van der Waals surface area contributed by atoms with Gasteiger partial charge in [0.2, 0.25) is 0 Å². The first-order valence-corrected chi connectivity index (χ1v) is 9.18. The summed E-state index contributed by atoms with van der Waals surface area (Å²) in [7, 11) is -3.02. The molecular weight excluding hydrogens is 310 g/mol. The van der Waals surface area contributed by atoms with Gasteiger partial charge in [-0.05, 0) is 35.7 Å². The number of benzene rings is 1. The largest absolute Gasteiger partial charge is 0.493 e. The van der Waals surface area contributed by atoms with Gasteiger partial charge in [0, 0.05) is 17.3 Å². The van der Waals surface area contributed by atoms with Crippen LogP contribution in [0.15, 0.2) is 41.1 Å². The highest BCUT2D eigenvalue weighted by Crippen LogP contribution is 2.17. The van der Waals surface area contributed by atoms with E-state index < -0.39 is 9.84 Å². The van der Waals surface area contributed by atoms with Crippen LogP contribution in [0.1, 0.15) is 10.4 Å². The summed E-state index contributed by atoms with van der Waals surface area (Å²) in [4.78, 5) is 11.8.